The number of primary amides is 1. The number of ether oxygens (including phenoxy) is 2. The van der Waals surface area contributed by atoms with Crippen molar-refractivity contribution in [2.45, 2.75) is 13.0 Å². The van der Waals surface area contributed by atoms with Crippen LogP contribution < -0.4 is 15.2 Å². The quantitative estimate of drug-likeness (QED) is 0.871. The summed E-state index contributed by atoms with van der Waals surface area (Å²) in [4.78, 5) is 25.5. The maximum absolute atomic E-state index is 12.9. The third-order valence-corrected chi connectivity index (χ3v) is 4.63. The van der Waals surface area contributed by atoms with Crippen molar-refractivity contribution in [1.29, 1.82) is 0 Å². The molecule has 26 heavy (non-hydrogen) atoms. The van der Waals surface area contributed by atoms with Crippen LogP contribution in [0.2, 0.25) is 5.02 Å². The average molecular weight is 375 g/mol. The normalized spacial score (nSPS) is 13.1. The van der Waals surface area contributed by atoms with Gasteiger partial charge in [0.15, 0.2) is 18.1 Å². The first-order chi connectivity index (χ1) is 12.5. The zero-order valence-electron chi connectivity index (χ0n) is 14.3. The van der Waals surface area contributed by atoms with E-state index in [9.17, 15) is 9.59 Å². The third-order valence-electron chi connectivity index (χ3n) is 4.28. The molecule has 1 aliphatic rings. The lowest BCUT2D eigenvalue weighted by Gasteiger charge is -2.29. The molecule has 2 aromatic rings. The van der Waals surface area contributed by atoms with Crippen molar-refractivity contribution in [2.75, 3.05) is 20.3 Å². The molecule has 0 bridgehead atoms. The Balaban J connectivity index is 1.79. The van der Waals surface area contributed by atoms with E-state index in [4.69, 9.17) is 26.8 Å². The second-order valence-electron chi connectivity index (χ2n) is 5.97. The van der Waals surface area contributed by atoms with E-state index in [0.29, 0.717) is 30.2 Å². The second kappa shape index (κ2) is 7.66. The minimum Gasteiger partial charge on any atom is -0.493 e. The topological polar surface area (TPSA) is 81.9 Å². The smallest absolute Gasteiger partial charge is 0.255 e. The van der Waals surface area contributed by atoms with E-state index in [1.54, 1.807) is 23.1 Å². The monoisotopic (exact) mass is 374 g/mol. The largest absolute Gasteiger partial charge is 0.493 e. The molecule has 1 aliphatic heterocycles. The maximum Gasteiger partial charge on any atom is 0.255 e. The fourth-order valence-corrected chi connectivity index (χ4v) is 3.28. The maximum atomic E-state index is 12.9. The molecule has 2 N–H and O–H groups in total. The molecule has 0 aliphatic carbocycles. The molecule has 2 amide bonds. The molecule has 0 aromatic heterocycles. The van der Waals surface area contributed by atoms with Gasteiger partial charge in [-0.05, 0) is 41.8 Å². The van der Waals surface area contributed by atoms with Gasteiger partial charge in [-0.3, -0.25) is 9.59 Å². The summed E-state index contributed by atoms with van der Waals surface area (Å²) in [5, 5.41) is 0.743. The lowest BCUT2D eigenvalue weighted by Crippen LogP contribution is -2.36. The highest BCUT2D eigenvalue weighted by atomic mass is 35.5. The summed E-state index contributed by atoms with van der Waals surface area (Å²) in [5.74, 6) is 0.0457. The molecule has 136 valence electrons. The highest BCUT2D eigenvalue weighted by molar-refractivity contribution is 6.31. The Labute approximate surface area is 156 Å². The number of hydrogen-bond donors (Lipinski definition) is 1. The fourth-order valence-electron chi connectivity index (χ4n) is 2.99. The molecule has 0 unspecified atom stereocenters. The van der Waals surface area contributed by atoms with Crippen molar-refractivity contribution in [3.8, 4) is 11.5 Å². The molecule has 6 nitrogen and oxygen atoms in total. The van der Waals surface area contributed by atoms with Gasteiger partial charge in [-0.25, -0.2) is 0 Å². The number of nitrogens with two attached hydrogens (primary N) is 1. The van der Waals surface area contributed by atoms with E-state index >= 15 is 0 Å². The first-order valence-corrected chi connectivity index (χ1v) is 8.52. The molecule has 0 saturated heterocycles. The molecule has 1 heterocycles. The van der Waals surface area contributed by atoms with Gasteiger partial charge in [-0.1, -0.05) is 23.7 Å². The van der Waals surface area contributed by atoms with Gasteiger partial charge < -0.3 is 20.1 Å². The SMILES string of the molecule is COc1cc(C(=O)N2CCc3c(Cl)cccc3C2)ccc1OCC(N)=O. The van der Waals surface area contributed by atoms with Crippen molar-refractivity contribution in [1.82, 2.24) is 4.90 Å². The number of nitrogens with zero attached hydrogens (tertiary/aromatic N) is 1. The number of carbonyl (C=O) groups excluding carboxylic acids is 2. The van der Waals surface area contributed by atoms with Crippen LogP contribution in [0.25, 0.3) is 0 Å². The van der Waals surface area contributed by atoms with Crippen molar-refractivity contribution in [2.24, 2.45) is 5.73 Å². The third kappa shape index (κ3) is 3.75. The lowest BCUT2D eigenvalue weighted by atomic mass is 9.99. The number of fused-ring (bicyclic) bond motifs is 1. The molecule has 7 heteroatoms. The Morgan fingerprint density at radius 3 is 2.77 bits per heavy atom. The van der Waals surface area contributed by atoms with Crippen LogP contribution in [-0.4, -0.2) is 37.0 Å². The zero-order chi connectivity index (χ0) is 18.7. The van der Waals surface area contributed by atoms with Crippen LogP contribution in [0.15, 0.2) is 36.4 Å². The van der Waals surface area contributed by atoms with Crippen LogP contribution in [0, 0.1) is 0 Å². The Morgan fingerprint density at radius 1 is 1.23 bits per heavy atom. The fraction of sp³-hybridized carbons (Fsp3) is 0.263. The molecular weight excluding hydrogens is 356 g/mol. The van der Waals surface area contributed by atoms with Gasteiger partial charge in [0.05, 0.1) is 7.11 Å². The van der Waals surface area contributed by atoms with Crippen LogP contribution in [0.3, 0.4) is 0 Å². The highest BCUT2D eigenvalue weighted by Gasteiger charge is 2.24. The summed E-state index contributed by atoms with van der Waals surface area (Å²) >= 11 is 6.23. The molecule has 0 spiro atoms. The van der Waals surface area contributed by atoms with Crippen LogP contribution in [-0.2, 0) is 17.8 Å². The first-order valence-electron chi connectivity index (χ1n) is 8.14. The summed E-state index contributed by atoms with van der Waals surface area (Å²) in [6.07, 6.45) is 0.720. The van der Waals surface area contributed by atoms with E-state index in [2.05, 4.69) is 0 Å². The number of benzene rings is 2. The average Bonchev–Trinajstić information content (AvgIpc) is 2.65. The number of methoxy groups -OCH3 is 1. The van der Waals surface area contributed by atoms with Gasteiger partial charge in [-0.15, -0.1) is 0 Å². The van der Waals surface area contributed by atoms with Gasteiger partial charge in [0.25, 0.3) is 11.8 Å². The Kier molecular flexibility index (Phi) is 5.32. The minimum absolute atomic E-state index is 0.102. The standard InChI is InChI=1S/C19H19ClN2O4/c1-25-17-9-12(5-6-16(17)26-11-18(21)23)19(24)22-8-7-14-13(10-22)3-2-4-15(14)20/h2-6,9H,7-8,10-11H2,1H3,(H2,21,23). The molecular formula is C19H19ClN2O4. The Hall–Kier alpha value is -2.73. The van der Waals surface area contributed by atoms with E-state index in [0.717, 1.165) is 22.6 Å². The zero-order valence-corrected chi connectivity index (χ0v) is 15.1. The first kappa shape index (κ1) is 18.1. The van der Waals surface area contributed by atoms with Gasteiger partial charge in [0.2, 0.25) is 0 Å². The van der Waals surface area contributed by atoms with Crippen molar-refractivity contribution in [3.63, 3.8) is 0 Å². The number of rotatable bonds is 5. The summed E-state index contributed by atoms with van der Waals surface area (Å²) in [7, 11) is 1.47. The van der Waals surface area contributed by atoms with E-state index in [1.807, 2.05) is 18.2 Å². The van der Waals surface area contributed by atoms with E-state index in [1.165, 1.54) is 7.11 Å². The highest BCUT2D eigenvalue weighted by Crippen LogP contribution is 2.30. The molecule has 0 radical (unpaired) electrons. The molecule has 3 rings (SSSR count). The van der Waals surface area contributed by atoms with Crippen LogP contribution in [0.1, 0.15) is 21.5 Å². The molecule has 2 aromatic carbocycles. The van der Waals surface area contributed by atoms with Gasteiger partial charge in [0.1, 0.15) is 0 Å². The van der Waals surface area contributed by atoms with E-state index in [-0.39, 0.29) is 12.5 Å². The minimum atomic E-state index is -0.585. The van der Waals surface area contributed by atoms with Gasteiger partial charge in [-0.2, -0.15) is 0 Å². The predicted octanol–water partition coefficient (Wildman–Crippen LogP) is 2.41. The molecule has 0 fully saturated rings. The van der Waals surface area contributed by atoms with Crippen molar-refractivity contribution in [3.05, 3.63) is 58.1 Å². The van der Waals surface area contributed by atoms with Crippen LogP contribution in [0.4, 0.5) is 0 Å². The van der Waals surface area contributed by atoms with Crippen LogP contribution >= 0.6 is 11.6 Å². The summed E-state index contributed by atoms with van der Waals surface area (Å²) in [6, 6.07) is 10.6. The second-order valence-corrected chi connectivity index (χ2v) is 6.38. The summed E-state index contributed by atoms with van der Waals surface area (Å²) in [5.41, 5.74) is 7.73. The van der Waals surface area contributed by atoms with Gasteiger partial charge in [0, 0.05) is 23.7 Å². The van der Waals surface area contributed by atoms with Crippen molar-refractivity contribution < 1.29 is 19.1 Å². The molecule has 0 atom stereocenters. The summed E-state index contributed by atoms with van der Waals surface area (Å²) in [6.45, 7) is 0.849. The van der Waals surface area contributed by atoms with Gasteiger partial charge >= 0.3 is 0 Å². The number of hydrogen-bond acceptors (Lipinski definition) is 4. The lowest BCUT2D eigenvalue weighted by molar-refractivity contribution is -0.119. The van der Waals surface area contributed by atoms with Crippen molar-refractivity contribution >= 4 is 23.4 Å². The predicted molar refractivity (Wildman–Crippen MR) is 97.6 cm³/mol. The number of amides is 2. The number of carbonyl (C=O) groups is 2. The Bertz CT molecular complexity index is 853. The molecule has 0 saturated carbocycles. The summed E-state index contributed by atoms with van der Waals surface area (Å²) < 4.78 is 10.6. The number of halogens is 1. The van der Waals surface area contributed by atoms with Crippen LogP contribution in [0.5, 0.6) is 11.5 Å². The Morgan fingerprint density at radius 2 is 2.04 bits per heavy atom. The van der Waals surface area contributed by atoms with E-state index < -0.39 is 5.91 Å².